The van der Waals surface area contributed by atoms with Gasteiger partial charge in [-0.1, -0.05) is 64.8 Å². The van der Waals surface area contributed by atoms with Crippen molar-refractivity contribution in [3.05, 3.63) is 68.8 Å². The summed E-state index contributed by atoms with van der Waals surface area (Å²) < 4.78 is 0. The summed E-state index contributed by atoms with van der Waals surface area (Å²) in [7, 11) is 0. The number of carbonyl (C=O) groups excluding carboxylic acids is 2. The zero-order valence-electron chi connectivity index (χ0n) is 15.6. The molecule has 30 heavy (non-hydrogen) atoms. The number of thioether (sulfide) groups is 1. The molecule has 0 aromatic heterocycles. The number of anilines is 1. The van der Waals surface area contributed by atoms with Crippen LogP contribution >= 0.6 is 46.6 Å². The van der Waals surface area contributed by atoms with Crippen molar-refractivity contribution in [2.45, 2.75) is 18.9 Å². The molecule has 0 bridgehead atoms. The molecule has 154 valence electrons. The molecule has 5 nitrogen and oxygen atoms in total. The Morgan fingerprint density at radius 3 is 2.60 bits per heavy atom. The van der Waals surface area contributed by atoms with Crippen molar-refractivity contribution in [3.8, 4) is 0 Å². The van der Waals surface area contributed by atoms with E-state index in [1.807, 2.05) is 0 Å². The van der Waals surface area contributed by atoms with Crippen molar-refractivity contribution in [2.24, 2.45) is 4.99 Å². The predicted octanol–water partition coefficient (Wildman–Crippen LogP) is 5.40. The largest absolute Gasteiger partial charge is 0.353 e. The van der Waals surface area contributed by atoms with E-state index in [-0.39, 0.29) is 34.3 Å². The first kappa shape index (κ1) is 21.2. The number of amides is 2. The predicted molar refractivity (Wildman–Crippen MR) is 124 cm³/mol. The fourth-order valence-electron chi connectivity index (χ4n) is 2.81. The molecule has 4 rings (SSSR count). The molecule has 1 fully saturated rings. The molecule has 2 aliphatic rings. The number of benzene rings is 2. The number of aliphatic imine (C=N–C) groups is 1. The van der Waals surface area contributed by atoms with Crippen LogP contribution in [0, 0.1) is 0 Å². The Morgan fingerprint density at radius 2 is 1.90 bits per heavy atom. The van der Waals surface area contributed by atoms with Gasteiger partial charge in [-0.15, -0.1) is 0 Å². The molecular weight excluding hydrogens is 465 g/mol. The van der Waals surface area contributed by atoms with Crippen LogP contribution in [-0.2, 0) is 9.59 Å². The Balaban J connectivity index is 1.64. The molecule has 0 spiro atoms. The lowest BCUT2D eigenvalue weighted by Crippen LogP contribution is -2.33. The third-order valence-corrected chi connectivity index (χ3v) is 6.45. The highest BCUT2D eigenvalue weighted by Crippen LogP contribution is 2.37. The summed E-state index contributed by atoms with van der Waals surface area (Å²) in [6, 6.07) is 12.4. The summed E-state index contributed by atoms with van der Waals surface area (Å²) in [5, 5.41) is 4.47. The maximum Gasteiger partial charge on any atom is 0.283 e. The van der Waals surface area contributed by atoms with Crippen LogP contribution in [0.4, 0.5) is 5.69 Å². The monoisotopic (exact) mass is 479 g/mol. The number of amidine groups is 1. The topological polar surface area (TPSA) is 61.8 Å². The van der Waals surface area contributed by atoms with Crippen LogP contribution in [0.3, 0.4) is 0 Å². The van der Waals surface area contributed by atoms with E-state index in [9.17, 15) is 9.59 Å². The molecule has 1 saturated carbocycles. The average Bonchev–Trinajstić information content (AvgIpc) is 3.48. The maximum atomic E-state index is 13.2. The second-order valence-corrected chi connectivity index (χ2v) is 8.98. The van der Waals surface area contributed by atoms with Crippen molar-refractivity contribution >= 4 is 75.3 Å². The summed E-state index contributed by atoms with van der Waals surface area (Å²) >= 11 is 19.6. The van der Waals surface area contributed by atoms with Gasteiger partial charge in [-0.25, -0.2) is 4.99 Å². The van der Waals surface area contributed by atoms with Gasteiger partial charge in [0.25, 0.3) is 5.91 Å². The molecule has 2 amide bonds. The lowest BCUT2D eigenvalue weighted by atomic mass is 10.2. The van der Waals surface area contributed by atoms with Crippen LogP contribution in [0.1, 0.15) is 18.4 Å². The second kappa shape index (κ2) is 9.02. The van der Waals surface area contributed by atoms with Crippen molar-refractivity contribution < 1.29 is 9.59 Å². The highest BCUT2D eigenvalue weighted by Gasteiger charge is 2.34. The lowest BCUT2D eigenvalue weighted by Gasteiger charge is -2.19. The minimum Gasteiger partial charge on any atom is -0.353 e. The zero-order chi connectivity index (χ0) is 21.3. The fraction of sp³-hybridized carbons (Fsp3) is 0.190. The number of nitrogens with zero attached hydrogens (tertiary/aromatic N) is 2. The Morgan fingerprint density at radius 1 is 1.17 bits per heavy atom. The summed E-state index contributed by atoms with van der Waals surface area (Å²) in [5.74, 6) is -0.296. The van der Waals surface area contributed by atoms with Gasteiger partial charge in [0.2, 0.25) is 5.91 Å². The van der Waals surface area contributed by atoms with Gasteiger partial charge in [-0.3, -0.25) is 14.5 Å². The third-order valence-electron chi connectivity index (χ3n) is 4.45. The van der Waals surface area contributed by atoms with Crippen molar-refractivity contribution in [3.63, 3.8) is 0 Å². The van der Waals surface area contributed by atoms with Gasteiger partial charge in [0.05, 0.1) is 21.5 Å². The van der Waals surface area contributed by atoms with Gasteiger partial charge < -0.3 is 5.32 Å². The van der Waals surface area contributed by atoms with Crippen LogP contribution in [0.15, 0.2) is 53.2 Å². The zero-order valence-corrected chi connectivity index (χ0v) is 18.7. The molecule has 0 unspecified atom stereocenters. The molecule has 1 aliphatic carbocycles. The van der Waals surface area contributed by atoms with E-state index in [1.54, 1.807) is 48.5 Å². The van der Waals surface area contributed by atoms with Crippen LogP contribution in [0.25, 0.3) is 6.08 Å². The number of rotatable bonds is 5. The first-order valence-corrected chi connectivity index (χ1v) is 11.3. The molecule has 1 aliphatic heterocycles. The maximum absolute atomic E-state index is 13.2. The standard InChI is InChI=1S/C21H16Cl3N3O2S/c22-13-6-4-12(5-7-13)10-16-20(29)27(17-3-1-2-15(23)19(17)24)21(26-16)30-11-18(28)25-14-8-9-14/h1-7,10,14H,8-9,11H2,(H,25,28)/b16-10-. The van der Waals surface area contributed by atoms with E-state index in [0.29, 0.717) is 20.9 Å². The number of carbonyl (C=O) groups is 2. The molecule has 9 heteroatoms. The fourth-order valence-corrected chi connectivity index (χ4v) is 4.14. The first-order valence-electron chi connectivity index (χ1n) is 9.19. The summed E-state index contributed by atoms with van der Waals surface area (Å²) in [5.41, 5.74) is 1.43. The van der Waals surface area contributed by atoms with E-state index in [1.165, 1.54) is 16.7 Å². The number of halogens is 3. The highest BCUT2D eigenvalue weighted by atomic mass is 35.5. The smallest absolute Gasteiger partial charge is 0.283 e. The van der Waals surface area contributed by atoms with Gasteiger partial charge in [0.15, 0.2) is 5.17 Å². The molecule has 0 atom stereocenters. The van der Waals surface area contributed by atoms with Crippen molar-refractivity contribution in [1.29, 1.82) is 0 Å². The minimum atomic E-state index is -0.348. The normalized spacial score (nSPS) is 17.4. The third kappa shape index (κ3) is 4.83. The summed E-state index contributed by atoms with van der Waals surface area (Å²) in [6.07, 6.45) is 3.68. The van der Waals surface area contributed by atoms with E-state index in [2.05, 4.69) is 10.3 Å². The average molecular weight is 481 g/mol. The van der Waals surface area contributed by atoms with Gasteiger partial charge in [0, 0.05) is 11.1 Å². The Bertz CT molecular complexity index is 1070. The molecule has 2 aromatic rings. The van der Waals surface area contributed by atoms with Gasteiger partial charge in [0.1, 0.15) is 5.70 Å². The van der Waals surface area contributed by atoms with Gasteiger partial charge >= 0.3 is 0 Å². The Hall–Kier alpha value is -1.99. The molecule has 1 N–H and O–H groups in total. The van der Waals surface area contributed by atoms with Gasteiger partial charge in [-0.2, -0.15) is 0 Å². The van der Waals surface area contributed by atoms with Crippen LogP contribution < -0.4 is 10.2 Å². The van der Waals surface area contributed by atoms with E-state index in [4.69, 9.17) is 34.8 Å². The molecular formula is C21H16Cl3N3O2S. The number of nitrogens with one attached hydrogen (secondary N) is 1. The summed E-state index contributed by atoms with van der Waals surface area (Å²) in [6.45, 7) is 0. The highest BCUT2D eigenvalue weighted by molar-refractivity contribution is 8.14. The van der Waals surface area contributed by atoms with Crippen LogP contribution in [0.5, 0.6) is 0 Å². The number of hydrogen-bond acceptors (Lipinski definition) is 4. The molecule has 1 heterocycles. The van der Waals surface area contributed by atoms with E-state index >= 15 is 0 Å². The van der Waals surface area contributed by atoms with Gasteiger partial charge in [-0.05, 0) is 48.7 Å². The Labute approximate surface area is 193 Å². The minimum absolute atomic E-state index is 0.0927. The van der Waals surface area contributed by atoms with Crippen LogP contribution in [0.2, 0.25) is 15.1 Å². The first-order chi connectivity index (χ1) is 14.4. The number of hydrogen-bond donors (Lipinski definition) is 1. The van der Waals surface area contributed by atoms with E-state index in [0.717, 1.165) is 18.4 Å². The lowest BCUT2D eigenvalue weighted by molar-refractivity contribution is -0.118. The molecule has 0 radical (unpaired) electrons. The summed E-state index contributed by atoms with van der Waals surface area (Å²) in [4.78, 5) is 31.2. The second-order valence-electron chi connectivity index (χ2n) is 6.82. The molecule has 2 aromatic carbocycles. The van der Waals surface area contributed by atoms with Crippen molar-refractivity contribution in [1.82, 2.24) is 5.32 Å². The Kier molecular flexibility index (Phi) is 6.39. The SMILES string of the molecule is O=C(CSC1=N/C(=C\c2ccc(Cl)cc2)C(=O)N1c1cccc(Cl)c1Cl)NC1CC1. The van der Waals surface area contributed by atoms with Crippen LogP contribution in [-0.4, -0.2) is 28.8 Å². The quantitative estimate of drug-likeness (QED) is 0.583. The molecule has 0 saturated heterocycles. The van der Waals surface area contributed by atoms with Crippen molar-refractivity contribution in [2.75, 3.05) is 10.7 Å². The van der Waals surface area contributed by atoms with E-state index < -0.39 is 0 Å².